The number of aromatic nitrogens is 1. The number of aliphatic hydroxyl groups excluding tert-OH is 1. The van der Waals surface area contributed by atoms with E-state index in [4.69, 9.17) is 21.1 Å². The summed E-state index contributed by atoms with van der Waals surface area (Å²) >= 11 is 7.67. The second-order valence-electron chi connectivity index (χ2n) is 6.97. The van der Waals surface area contributed by atoms with E-state index < -0.39 is 17.7 Å². The maximum Gasteiger partial charge on any atom is 0.295 e. The number of carbonyl (C=O) groups is 2. The Morgan fingerprint density at radius 2 is 1.88 bits per heavy atom. The molecule has 4 rings (SSSR count). The molecule has 164 valence electrons. The first-order chi connectivity index (χ1) is 15.5. The second kappa shape index (κ2) is 9.02. The number of amides is 1. The van der Waals surface area contributed by atoms with E-state index in [-0.39, 0.29) is 34.2 Å². The van der Waals surface area contributed by atoms with Gasteiger partial charge in [0, 0.05) is 23.3 Å². The average molecular weight is 471 g/mol. The third kappa shape index (κ3) is 3.83. The van der Waals surface area contributed by atoms with E-state index in [1.165, 1.54) is 42.6 Å². The van der Waals surface area contributed by atoms with Crippen molar-refractivity contribution in [2.75, 3.05) is 14.2 Å². The van der Waals surface area contributed by atoms with Crippen molar-refractivity contribution in [2.45, 2.75) is 12.6 Å². The van der Waals surface area contributed by atoms with E-state index in [2.05, 4.69) is 4.98 Å². The fraction of sp³-hybridized carbons (Fsp3) is 0.174. The predicted octanol–water partition coefficient (Wildman–Crippen LogP) is 4.44. The maximum atomic E-state index is 13.1. The van der Waals surface area contributed by atoms with E-state index in [1.807, 2.05) is 17.5 Å². The zero-order valence-corrected chi connectivity index (χ0v) is 18.8. The molecule has 1 atom stereocenters. The van der Waals surface area contributed by atoms with Gasteiger partial charge in [-0.15, -0.1) is 11.3 Å². The zero-order chi connectivity index (χ0) is 22.8. The summed E-state index contributed by atoms with van der Waals surface area (Å²) in [5, 5.41) is 13.5. The van der Waals surface area contributed by atoms with Crippen molar-refractivity contribution in [3.63, 3.8) is 0 Å². The number of benzene rings is 1. The Labute approximate surface area is 193 Å². The molecule has 1 aliphatic rings. The van der Waals surface area contributed by atoms with Gasteiger partial charge in [-0.3, -0.25) is 14.6 Å². The van der Waals surface area contributed by atoms with E-state index in [1.54, 1.807) is 24.5 Å². The Bertz CT molecular complexity index is 1190. The summed E-state index contributed by atoms with van der Waals surface area (Å²) in [5.41, 5.74) is 0.805. The molecule has 1 saturated heterocycles. The summed E-state index contributed by atoms with van der Waals surface area (Å²) in [7, 11) is 2.86. The number of Topliss-reactive ketones (excluding diaryl/α,β-unsaturated/α-hetero) is 1. The molecule has 0 saturated carbocycles. The van der Waals surface area contributed by atoms with Crippen LogP contribution in [0.25, 0.3) is 5.76 Å². The lowest BCUT2D eigenvalue weighted by molar-refractivity contribution is -0.140. The zero-order valence-electron chi connectivity index (χ0n) is 17.2. The van der Waals surface area contributed by atoms with Crippen LogP contribution in [-0.2, 0) is 16.1 Å². The van der Waals surface area contributed by atoms with Crippen LogP contribution in [0.15, 0.2) is 59.7 Å². The molecular formula is C23H19ClN2O5S. The number of pyridine rings is 1. The molecule has 0 aliphatic carbocycles. The fourth-order valence-electron chi connectivity index (χ4n) is 3.70. The number of halogens is 1. The largest absolute Gasteiger partial charge is 0.507 e. The highest BCUT2D eigenvalue weighted by Gasteiger charge is 2.46. The molecule has 1 amide bonds. The SMILES string of the molecule is COc1cc(/C(O)=C2\C(=O)C(=O)N(Cc3cccs3)C2c2ccncc2)c(OC)cc1Cl. The Kier molecular flexibility index (Phi) is 6.16. The van der Waals surface area contributed by atoms with Crippen molar-refractivity contribution >= 4 is 40.4 Å². The number of ketones is 1. The van der Waals surface area contributed by atoms with Crippen LogP contribution in [0.5, 0.6) is 11.5 Å². The van der Waals surface area contributed by atoms with Gasteiger partial charge in [0.2, 0.25) is 0 Å². The maximum absolute atomic E-state index is 13.1. The number of hydrogen-bond acceptors (Lipinski definition) is 7. The lowest BCUT2D eigenvalue weighted by atomic mass is 9.95. The van der Waals surface area contributed by atoms with Crippen LogP contribution in [0.4, 0.5) is 0 Å². The minimum Gasteiger partial charge on any atom is -0.507 e. The van der Waals surface area contributed by atoms with Gasteiger partial charge in [-0.25, -0.2) is 0 Å². The highest BCUT2D eigenvalue weighted by Crippen LogP contribution is 2.43. The minimum absolute atomic E-state index is 0.0413. The van der Waals surface area contributed by atoms with E-state index in [0.29, 0.717) is 11.3 Å². The normalized spacial score (nSPS) is 17.6. The number of rotatable bonds is 6. The Hall–Kier alpha value is -3.36. The van der Waals surface area contributed by atoms with Gasteiger partial charge in [-0.05, 0) is 35.2 Å². The third-order valence-corrected chi connectivity index (χ3v) is 6.35. The lowest BCUT2D eigenvalue weighted by Gasteiger charge is -2.25. The van der Waals surface area contributed by atoms with Crippen LogP contribution in [0.1, 0.15) is 22.0 Å². The van der Waals surface area contributed by atoms with Crippen LogP contribution >= 0.6 is 22.9 Å². The van der Waals surface area contributed by atoms with Gasteiger partial charge >= 0.3 is 0 Å². The van der Waals surface area contributed by atoms with Crippen molar-refractivity contribution in [2.24, 2.45) is 0 Å². The molecule has 1 aromatic carbocycles. The van der Waals surface area contributed by atoms with Crippen LogP contribution < -0.4 is 9.47 Å². The molecule has 9 heteroatoms. The summed E-state index contributed by atoms with van der Waals surface area (Å²) in [4.78, 5) is 32.6. The molecular weight excluding hydrogens is 452 g/mol. The first-order valence-electron chi connectivity index (χ1n) is 9.58. The summed E-state index contributed by atoms with van der Waals surface area (Å²) in [6.07, 6.45) is 3.15. The Morgan fingerprint density at radius 1 is 1.16 bits per heavy atom. The first kappa shape index (κ1) is 21.9. The molecule has 1 N–H and O–H groups in total. The topological polar surface area (TPSA) is 89.0 Å². The smallest absolute Gasteiger partial charge is 0.295 e. The molecule has 0 radical (unpaired) electrons. The highest BCUT2D eigenvalue weighted by atomic mass is 35.5. The number of carbonyl (C=O) groups excluding carboxylic acids is 2. The lowest BCUT2D eigenvalue weighted by Crippen LogP contribution is -2.28. The van der Waals surface area contributed by atoms with Crippen molar-refractivity contribution in [3.05, 3.63) is 80.8 Å². The van der Waals surface area contributed by atoms with Crippen LogP contribution in [-0.4, -0.2) is 40.9 Å². The highest BCUT2D eigenvalue weighted by molar-refractivity contribution is 7.09. The molecule has 1 aliphatic heterocycles. The molecule has 2 aromatic heterocycles. The molecule has 32 heavy (non-hydrogen) atoms. The molecule has 1 unspecified atom stereocenters. The number of likely N-dealkylation sites (tertiary alicyclic amines) is 1. The average Bonchev–Trinajstić information content (AvgIpc) is 3.41. The van der Waals surface area contributed by atoms with Gasteiger partial charge in [-0.2, -0.15) is 0 Å². The number of hydrogen-bond donors (Lipinski definition) is 1. The van der Waals surface area contributed by atoms with Gasteiger partial charge in [0.15, 0.2) is 0 Å². The summed E-state index contributed by atoms with van der Waals surface area (Å²) in [6, 6.07) is 9.36. The van der Waals surface area contributed by atoms with Crippen LogP contribution in [0.3, 0.4) is 0 Å². The second-order valence-corrected chi connectivity index (χ2v) is 8.41. The minimum atomic E-state index is -0.800. The first-order valence-corrected chi connectivity index (χ1v) is 10.8. The quantitative estimate of drug-likeness (QED) is 0.325. The van der Waals surface area contributed by atoms with Gasteiger partial charge in [0.05, 0.1) is 43.0 Å². The number of methoxy groups -OCH3 is 2. The number of thiophene rings is 1. The molecule has 0 bridgehead atoms. The fourth-order valence-corrected chi connectivity index (χ4v) is 4.63. The molecule has 1 fully saturated rings. The molecule has 0 spiro atoms. The van der Waals surface area contributed by atoms with Crippen LogP contribution in [0, 0.1) is 0 Å². The molecule has 3 aromatic rings. The van der Waals surface area contributed by atoms with Crippen molar-refractivity contribution in [1.29, 1.82) is 0 Å². The summed E-state index contributed by atoms with van der Waals surface area (Å²) < 4.78 is 10.6. The molecule has 3 heterocycles. The van der Waals surface area contributed by atoms with Gasteiger partial charge < -0.3 is 19.5 Å². The standard InChI is InChI=1S/C23H19ClN2O5S/c1-30-17-11-16(24)18(31-2)10-15(17)21(27)19-20(13-5-7-25-8-6-13)26(23(29)22(19)28)12-14-4-3-9-32-14/h3-11,20,27H,12H2,1-2H3/b21-19+. The van der Waals surface area contributed by atoms with E-state index in [0.717, 1.165) is 4.88 Å². The number of aliphatic hydroxyl groups is 1. The monoisotopic (exact) mass is 470 g/mol. The third-order valence-electron chi connectivity index (χ3n) is 5.20. The van der Waals surface area contributed by atoms with Crippen molar-refractivity contribution < 1.29 is 24.2 Å². The van der Waals surface area contributed by atoms with Gasteiger partial charge in [-0.1, -0.05) is 17.7 Å². The Morgan fingerprint density at radius 3 is 2.50 bits per heavy atom. The number of ether oxygens (including phenoxy) is 2. The van der Waals surface area contributed by atoms with E-state index in [9.17, 15) is 14.7 Å². The number of nitrogens with zero attached hydrogens (tertiary/aromatic N) is 2. The van der Waals surface area contributed by atoms with Gasteiger partial charge in [0.1, 0.15) is 17.3 Å². The van der Waals surface area contributed by atoms with Gasteiger partial charge in [0.25, 0.3) is 11.7 Å². The molecule has 7 nitrogen and oxygen atoms in total. The Balaban J connectivity index is 1.92. The van der Waals surface area contributed by atoms with Crippen molar-refractivity contribution in [1.82, 2.24) is 9.88 Å². The van der Waals surface area contributed by atoms with E-state index >= 15 is 0 Å². The summed E-state index contributed by atoms with van der Waals surface area (Å²) in [5.74, 6) is -1.31. The van der Waals surface area contributed by atoms with Crippen LogP contribution in [0.2, 0.25) is 5.02 Å². The summed E-state index contributed by atoms with van der Waals surface area (Å²) in [6.45, 7) is 0.229. The predicted molar refractivity (Wildman–Crippen MR) is 121 cm³/mol. The van der Waals surface area contributed by atoms with Crippen molar-refractivity contribution in [3.8, 4) is 11.5 Å².